The fourth-order valence-corrected chi connectivity index (χ4v) is 5.09. The number of rotatable bonds is 1. The minimum absolute atomic E-state index is 0.138. The average molecular weight is 563 g/mol. The van der Waals surface area contributed by atoms with Crippen LogP contribution in [0.5, 0.6) is 0 Å². The van der Waals surface area contributed by atoms with Gasteiger partial charge in [0.25, 0.3) is 5.91 Å². The lowest BCUT2D eigenvalue weighted by Gasteiger charge is -2.37. The first-order valence-corrected chi connectivity index (χ1v) is 14.3. The van der Waals surface area contributed by atoms with Gasteiger partial charge in [-0.25, -0.2) is 5.43 Å². The number of aromatic nitrogens is 1. The molecule has 41 heavy (non-hydrogen) atoms. The molecule has 1 unspecified atom stereocenters. The number of nitrogens with zero attached hydrogens (tertiary/aromatic N) is 3. The van der Waals surface area contributed by atoms with Crippen LogP contribution < -0.4 is 16.1 Å². The zero-order valence-corrected chi connectivity index (χ0v) is 25.0. The molecule has 0 radical (unpaired) electrons. The van der Waals surface area contributed by atoms with E-state index in [-0.39, 0.29) is 29.7 Å². The third kappa shape index (κ3) is 6.59. The van der Waals surface area contributed by atoms with Gasteiger partial charge >= 0.3 is 0 Å². The number of fused-ring (bicyclic) bond motifs is 4. The molecule has 1 saturated heterocycles. The highest BCUT2D eigenvalue weighted by molar-refractivity contribution is 5.94. The minimum atomic E-state index is -0.915. The summed E-state index contributed by atoms with van der Waals surface area (Å²) in [7, 11) is 1.75. The molecule has 0 spiro atoms. The molecule has 1 aromatic heterocycles. The van der Waals surface area contributed by atoms with E-state index in [1.165, 1.54) is 5.01 Å². The number of pyridine rings is 1. The van der Waals surface area contributed by atoms with Gasteiger partial charge in [-0.3, -0.25) is 29.2 Å². The number of hydrogen-bond donors (Lipinski definition) is 3. The van der Waals surface area contributed by atoms with Crippen molar-refractivity contribution in [1.29, 1.82) is 0 Å². The number of amides is 4. The first-order chi connectivity index (χ1) is 19.3. The number of carbonyl (C=O) groups excluding carboxylic acids is 4. The van der Waals surface area contributed by atoms with Crippen LogP contribution >= 0.6 is 0 Å². The second-order valence-electron chi connectivity index (χ2n) is 12.1. The number of nitrogens with one attached hydrogen (secondary N) is 3. The van der Waals surface area contributed by atoms with Gasteiger partial charge in [0.1, 0.15) is 18.1 Å². The number of likely N-dealkylation sites (N-methyl/N-ethyl adjacent to an activating group) is 1. The van der Waals surface area contributed by atoms with E-state index in [1.54, 1.807) is 32.7 Å². The SMILES string of the molecule is CC(C)C1NC(=O)C(C)(C)/C=C/c2ccc3ccc(nc3c2)[C@@H](C)N(C)C(=O)[C@@H]2CCCN(N2)C(=O)[C@H](C)NC1=O. The monoisotopic (exact) mass is 562 g/mol. The fourth-order valence-electron chi connectivity index (χ4n) is 5.09. The smallest absolute Gasteiger partial charge is 0.258 e. The lowest BCUT2D eigenvalue weighted by molar-refractivity contribution is -0.146. The molecule has 10 heteroatoms. The van der Waals surface area contributed by atoms with E-state index in [1.807, 2.05) is 63.3 Å². The van der Waals surface area contributed by atoms with Gasteiger partial charge in [-0.1, -0.05) is 44.2 Å². The molecule has 10 nitrogen and oxygen atoms in total. The molecular formula is C31H42N6O4. The summed E-state index contributed by atoms with van der Waals surface area (Å²) >= 11 is 0. The molecule has 3 N–H and O–H groups in total. The van der Waals surface area contributed by atoms with E-state index < -0.39 is 29.4 Å². The van der Waals surface area contributed by atoms with Crippen molar-refractivity contribution in [1.82, 2.24) is 31.0 Å². The molecule has 4 atom stereocenters. The Morgan fingerprint density at radius 1 is 1.00 bits per heavy atom. The average Bonchev–Trinajstić information content (AvgIpc) is 2.95. The second kappa shape index (κ2) is 12.0. The molecule has 220 valence electrons. The van der Waals surface area contributed by atoms with E-state index in [4.69, 9.17) is 4.98 Å². The van der Waals surface area contributed by atoms with Crippen LogP contribution in [-0.2, 0) is 19.2 Å². The van der Waals surface area contributed by atoms with Gasteiger partial charge in [0, 0.05) is 19.0 Å². The summed E-state index contributed by atoms with van der Waals surface area (Å²) in [5.74, 6) is -1.43. The highest BCUT2D eigenvalue weighted by atomic mass is 16.2. The maximum atomic E-state index is 13.5. The standard InChI is InChI=1S/C31H42N6O4/c1-18(2)26-27(38)32-19(3)28(39)37-16-8-9-24(35-37)29(40)36(7)20(4)23-13-12-22-11-10-21(17-25(22)33-23)14-15-31(5,6)30(41)34-26/h10-15,17-20,24,26,35H,8-9,16H2,1-7H3,(H,32,38)(H,34,41)/b15-14+/t19-,20+,24-,26?/m0/s1. The van der Waals surface area contributed by atoms with Gasteiger partial charge < -0.3 is 15.5 Å². The molecule has 4 rings (SSSR count). The highest BCUT2D eigenvalue weighted by Crippen LogP contribution is 2.25. The van der Waals surface area contributed by atoms with Crippen LogP contribution in [0.4, 0.5) is 0 Å². The topological polar surface area (TPSA) is 124 Å². The first-order valence-electron chi connectivity index (χ1n) is 14.3. The van der Waals surface area contributed by atoms with Crippen LogP contribution in [0.1, 0.15) is 71.7 Å². The van der Waals surface area contributed by atoms with Crippen LogP contribution in [0.2, 0.25) is 0 Å². The zero-order valence-electron chi connectivity index (χ0n) is 25.0. The largest absolute Gasteiger partial charge is 0.343 e. The third-order valence-corrected chi connectivity index (χ3v) is 8.09. The second-order valence-corrected chi connectivity index (χ2v) is 12.1. The quantitative estimate of drug-likeness (QED) is 0.491. The van der Waals surface area contributed by atoms with E-state index in [0.29, 0.717) is 19.4 Å². The Balaban J connectivity index is 1.73. The number of benzene rings is 1. The molecule has 5 bridgehead atoms. The summed E-state index contributed by atoms with van der Waals surface area (Å²) in [6.07, 6.45) is 4.91. The summed E-state index contributed by atoms with van der Waals surface area (Å²) in [6, 6.07) is 7.24. The maximum absolute atomic E-state index is 13.5. The Labute approximate surface area is 241 Å². The van der Waals surface area contributed by atoms with Gasteiger partial charge in [0.15, 0.2) is 0 Å². The van der Waals surface area contributed by atoms with Crippen molar-refractivity contribution < 1.29 is 19.2 Å². The van der Waals surface area contributed by atoms with Crippen molar-refractivity contribution in [2.24, 2.45) is 11.3 Å². The number of carbonyl (C=O) groups is 4. The molecule has 0 aliphatic carbocycles. The molecule has 1 aromatic carbocycles. The van der Waals surface area contributed by atoms with Crippen molar-refractivity contribution >= 4 is 40.6 Å². The summed E-state index contributed by atoms with van der Waals surface area (Å²) in [5.41, 5.74) is 4.58. The molecule has 2 aliphatic heterocycles. The first kappa shape index (κ1) is 30.2. The molecule has 1 fully saturated rings. The van der Waals surface area contributed by atoms with Crippen molar-refractivity contribution in [2.45, 2.75) is 78.6 Å². The molecule has 4 amide bonds. The lowest BCUT2D eigenvalue weighted by atomic mass is 9.89. The summed E-state index contributed by atoms with van der Waals surface area (Å²) in [5, 5.41) is 8.04. The summed E-state index contributed by atoms with van der Waals surface area (Å²) < 4.78 is 0. The van der Waals surface area contributed by atoms with Gasteiger partial charge in [0.2, 0.25) is 17.7 Å². The van der Waals surface area contributed by atoms with Crippen LogP contribution in [0.15, 0.2) is 36.4 Å². The van der Waals surface area contributed by atoms with E-state index >= 15 is 0 Å². The van der Waals surface area contributed by atoms with Crippen LogP contribution in [0.3, 0.4) is 0 Å². The number of hydrazine groups is 1. The van der Waals surface area contributed by atoms with Gasteiger partial charge in [-0.2, -0.15) is 0 Å². The zero-order chi connectivity index (χ0) is 30.1. The van der Waals surface area contributed by atoms with Crippen molar-refractivity contribution in [3.63, 3.8) is 0 Å². The van der Waals surface area contributed by atoms with Gasteiger partial charge in [0.05, 0.1) is 22.7 Å². The highest BCUT2D eigenvalue weighted by Gasteiger charge is 2.36. The van der Waals surface area contributed by atoms with E-state index in [2.05, 4.69) is 16.1 Å². The Morgan fingerprint density at radius 2 is 1.71 bits per heavy atom. The fraction of sp³-hybridized carbons (Fsp3) is 0.516. The van der Waals surface area contributed by atoms with Gasteiger partial charge in [-0.05, 0) is 64.2 Å². The summed E-state index contributed by atoms with van der Waals surface area (Å²) in [6.45, 7) is 11.2. The van der Waals surface area contributed by atoms with Crippen LogP contribution in [-0.4, -0.2) is 70.2 Å². The molecule has 2 aliphatic rings. The lowest BCUT2D eigenvalue weighted by Crippen LogP contribution is -2.62. The molecule has 0 saturated carbocycles. The Morgan fingerprint density at radius 3 is 2.41 bits per heavy atom. The van der Waals surface area contributed by atoms with Crippen molar-refractivity contribution in [3.05, 3.63) is 47.7 Å². The molecule has 3 heterocycles. The maximum Gasteiger partial charge on any atom is 0.258 e. The minimum Gasteiger partial charge on any atom is -0.343 e. The predicted octanol–water partition coefficient (Wildman–Crippen LogP) is 2.95. The number of hydrogen-bond acceptors (Lipinski definition) is 6. The summed E-state index contributed by atoms with van der Waals surface area (Å²) in [4.78, 5) is 59.9. The Hall–Kier alpha value is -3.79. The van der Waals surface area contributed by atoms with Gasteiger partial charge in [-0.15, -0.1) is 0 Å². The predicted molar refractivity (Wildman–Crippen MR) is 158 cm³/mol. The van der Waals surface area contributed by atoms with Crippen molar-refractivity contribution in [2.75, 3.05) is 13.6 Å². The van der Waals surface area contributed by atoms with E-state index in [0.717, 1.165) is 22.2 Å². The normalized spacial score (nSPS) is 27.1. The van der Waals surface area contributed by atoms with Crippen LogP contribution in [0, 0.1) is 11.3 Å². The van der Waals surface area contributed by atoms with Crippen LogP contribution in [0.25, 0.3) is 17.0 Å². The Bertz CT molecular complexity index is 1370. The Kier molecular flexibility index (Phi) is 8.82. The molecular weight excluding hydrogens is 520 g/mol. The van der Waals surface area contributed by atoms with E-state index in [9.17, 15) is 19.2 Å². The third-order valence-electron chi connectivity index (χ3n) is 8.09. The van der Waals surface area contributed by atoms with Crippen molar-refractivity contribution in [3.8, 4) is 0 Å². The molecule has 2 aromatic rings.